The van der Waals surface area contributed by atoms with Crippen LogP contribution in [0.2, 0.25) is 5.02 Å². The molecule has 0 bridgehead atoms. The van der Waals surface area contributed by atoms with E-state index in [1.807, 2.05) is 0 Å². The van der Waals surface area contributed by atoms with E-state index in [-0.39, 0.29) is 12.4 Å². The standard InChI is InChI=1S/C15H11Br2ClO3/c1-20-14-4-2-9(6-11(14)16)13(19)8-21-15-5-3-10(18)7-12(15)17/h2-7H,8H2,1H3. The van der Waals surface area contributed by atoms with Gasteiger partial charge in [-0.15, -0.1) is 0 Å². The zero-order valence-electron chi connectivity index (χ0n) is 11.0. The van der Waals surface area contributed by atoms with Crippen LogP contribution in [0.4, 0.5) is 0 Å². The molecule has 2 aromatic rings. The van der Waals surface area contributed by atoms with E-state index in [0.717, 1.165) is 4.47 Å². The molecule has 0 unspecified atom stereocenters. The Morgan fingerprint density at radius 3 is 2.38 bits per heavy atom. The first-order chi connectivity index (χ1) is 10.0. The molecule has 0 N–H and O–H groups in total. The fraction of sp³-hybridized carbons (Fsp3) is 0.133. The van der Waals surface area contributed by atoms with E-state index in [4.69, 9.17) is 21.1 Å². The number of methoxy groups -OCH3 is 1. The SMILES string of the molecule is COc1ccc(C(=O)COc2ccc(Cl)cc2Br)cc1Br. The number of rotatable bonds is 5. The summed E-state index contributed by atoms with van der Waals surface area (Å²) in [5.74, 6) is 1.12. The molecule has 0 atom stereocenters. The molecular formula is C15H11Br2ClO3. The molecule has 110 valence electrons. The second-order valence-corrected chi connectivity index (χ2v) is 6.28. The second kappa shape index (κ2) is 7.29. The minimum atomic E-state index is -0.125. The van der Waals surface area contributed by atoms with Gasteiger partial charge in [0.25, 0.3) is 0 Å². The predicted molar refractivity (Wildman–Crippen MR) is 89.7 cm³/mol. The van der Waals surface area contributed by atoms with Crippen LogP contribution in [0.15, 0.2) is 45.3 Å². The maximum Gasteiger partial charge on any atom is 0.200 e. The lowest BCUT2D eigenvalue weighted by atomic mass is 10.1. The van der Waals surface area contributed by atoms with Crippen LogP contribution >= 0.6 is 43.5 Å². The van der Waals surface area contributed by atoms with Gasteiger partial charge >= 0.3 is 0 Å². The van der Waals surface area contributed by atoms with E-state index < -0.39 is 0 Å². The van der Waals surface area contributed by atoms with Crippen LogP contribution in [0.25, 0.3) is 0 Å². The molecule has 3 nitrogen and oxygen atoms in total. The summed E-state index contributed by atoms with van der Waals surface area (Å²) < 4.78 is 12.1. The molecule has 0 spiro atoms. The maximum atomic E-state index is 12.1. The van der Waals surface area contributed by atoms with Gasteiger partial charge in [0.1, 0.15) is 11.5 Å². The average Bonchev–Trinajstić information content (AvgIpc) is 2.46. The number of Topliss-reactive ketones (excluding diaryl/α,β-unsaturated/α-hetero) is 1. The van der Waals surface area contributed by atoms with Crippen LogP contribution < -0.4 is 9.47 Å². The van der Waals surface area contributed by atoms with Gasteiger partial charge in [-0.2, -0.15) is 0 Å². The number of benzene rings is 2. The van der Waals surface area contributed by atoms with Crippen LogP contribution in [0, 0.1) is 0 Å². The summed E-state index contributed by atoms with van der Waals surface area (Å²) in [7, 11) is 1.57. The Morgan fingerprint density at radius 2 is 1.76 bits per heavy atom. The van der Waals surface area contributed by atoms with Gasteiger partial charge < -0.3 is 9.47 Å². The van der Waals surface area contributed by atoms with E-state index in [0.29, 0.717) is 26.6 Å². The first-order valence-corrected chi connectivity index (χ1v) is 7.92. The van der Waals surface area contributed by atoms with E-state index in [1.165, 1.54) is 0 Å². The summed E-state index contributed by atoms with van der Waals surface area (Å²) in [4.78, 5) is 12.1. The summed E-state index contributed by atoms with van der Waals surface area (Å²) in [5.41, 5.74) is 0.549. The number of carbonyl (C=O) groups is 1. The minimum Gasteiger partial charge on any atom is -0.496 e. The van der Waals surface area contributed by atoms with Gasteiger partial charge in [-0.3, -0.25) is 4.79 Å². The third kappa shape index (κ3) is 4.22. The Hall–Kier alpha value is -1.04. The van der Waals surface area contributed by atoms with Crippen molar-refractivity contribution in [3.8, 4) is 11.5 Å². The maximum absolute atomic E-state index is 12.1. The van der Waals surface area contributed by atoms with Crippen LogP contribution in [0.1, 0.15) is 10.4 Å². The molecule has 2 rings (SSSR count). The van der Waals surface area contributed by atoms with Gasteiger partial charge in [0, 0.05) is 10.6 Å². The van der Waals surface area contributed by atoms with Crippen molar-refractivity contribution in [2.45, 2.75) is 0 Å². The van der Waals surface area contributed by atoms with E-state index in [2.05, 4.69) is 31.9 Å². The van der Waals surface area contributed by atoms with Crippen molar-refractivity contribution in [1.82, 2.24) is 0 Å². The van der Waals surface area contributed by atoms with Crippen LogP contribution in [0.3, 0.4) is 0 Å². The van der Waals surface area contributed by atoms with Gasteiger partial charge in [-0.25, -0.2) is 0 Å². The topological polar surface area (TPSA) is 35.5 Å². The summed E-state index contributed by atoms with van der Waals surface area (Å²) in [6.07, 6.45) is 0. The zero-order chi connectivity index (χ0) is 15.4. The second-order valence-electron chi connectivity index (χ2n) is 4.14. The lowest BCUT2D eigenvalue weighted by molar-refractivity contribution is 0.0921. The smallest absolute Gasteiger partial charge is 0.200 e. The summed E-state index contributed by atoms with van der Waals surface area (Å²) in [6, 6.07) is 10.3. The van der Waals surface area contributed by atoms with Crippen LogP contribution in [-0.4, -0.2) is 19.5 Å². The molecule has 0 heterocycles. The molecule has 0 aromatic heterocycles. The lowest BCUT2D eigenvalue weighted by Crippen LogP contribution is -2.11. The normalized spacial score (nSPS) is 10.3. The highest BCUT2D eigenvalue weighted by Gasteiger charge is 2.11. The quantitative estimate of drug-likeness (QED) is 0.612. The molecule has 0 aliphatic carbocycles. The Kier molecular flexibility index (Phi) is 5.67. The van der Waals surface area contributed by atoms with Crippen LogP contribution in [-0.2, 0) is 0 Å². The van der Waals surface area contributed by atoms with E-state index in [1.54, 1.807) is 43.5 Å². The molecule has 0 aliphatic rings. The number of ketones is 1. The number of hydrogen-bond acceptors (Lipinski definition) is 3. The molecule has 0 radical (unpaired) electrons. The number of halogens is 3. The number of hydrogen-bond donors (Lipinski definition) is 0. The van der Waals surface area contributed by atoms with Gasteiger partial charge in [-0.1, -0.05) is 11.6 Å². The Balaban J connectivity index is 2.06. The van der Waals surface area contributed by atoms with Crippen molar-refractivity contribution in [2.75, 3.05) is 13.7 Å². The molecule has 0 saturated carbocycles. The fourth-order valence-electron chi connectivity index (χ4n) is 1.66. The number of carbonyl (C=O) groups excluding carboxylic acids is 1. The molecule has 21 heavy (non-hydrogen) atoms. The minimum absolute atomic E-state index is 0.0565. The van der Waals surface area contributed by atoms with E-state index in [9.17, 15) is 4.79 Å². The molecule has 0 fully saturated rings. The molecular weight excluding hydrogens is 423 g/mol. The van der Waals surface area contributed by atoms with Crippen LogP contribution in [0.5, 0.6) is 11.5 Å². The van der Waals surface area contributed by atoms with Gasteiger partial charge in [0.05, 0.1) is 16.1 Å². The van der Waals surface area contributed by atoms with Crippen molar-refractivity contribution in [3.63, 3.8) is 0 Å². The highest BCUT2D eigenvalue weighted by Crippen LogP contribution is 2.29. The zero-order valence-corrected chi connectivity index (χ0v) is 15.0. The average molecular weight is 435 g/mol. The predicted octanol–water partition coefficient (Wildman–Crippen LogP) is 5.14. The highest BCUT2D eigenvalue weighted by molar-refractivity contribution is 9.10. The fourth-order valence-corrected chi connectivity index (χ4v) is 3.00. The van der Waals surface area contributed by atoms with Crippen molar-refractivity contribution < 1.29 is 14.3 Å². The molecule has 6 heteroatoms. The van der Waals surface area contributed by atoms with Crippen molar-refractivity contribution in [3.05, 3.63) is 55.9 Å². The monoisotopic (exact) mass is 432 g/mol. The number of ether oxygens (including phenoxy) is 2. The Bertz CT molecular complexity index is 674. The van der Waals surface area contributed by atoms with Crippen molar-refractivity contribution in [1.29, 1.82) is 0 Å². The highest BCUT2D eigenvalue weighted by atomic mass is 79.9. The Morgan fingerprint density at radius 1 is 1.10 bits per heavy atom. The van der Waals surface area contributed by atoms with Crippen molar-refractivity contribution >= 4 is 49.2 Å². The first-order valence-electron chi connectivity index (χ1n) is 5.96. The molecule has 0 aliphatic heterocycles. The third-order valence-corrected chi connectivity index (χ3v) is 4.20. The van der Waals surface area contributed by atoms with E-state index >= 15 is 0 Å². The lowest BCUT2D eigenvalue weighted by Gasteiger charge is -2.09. The molecule has 2 aromatic carbocycles. The van der Waals surface area contributed by atoms with Gasteiger partial charge in [0.2, 0.25) is 0 Å². The van der Waals surface area contributed by atoms with Crippen molar-refractivity contribution in [2.24, 2.45) is 0 Å². The summed E-state index contributed by atoms with van der Waals surface area (Å²) >= 11 is 12.5. The largest absolute Gasteiger partial charge is 0.496 e. The van der Waals surface area contributed by atoms with Gasteiger partial charge in [0.15, 0.2) is 12.4 Å². The molecule has 0 saturated heterocycles. The van der Waals surface area contributed by atoms with Gasteiger partial charge in [-0.05, 0) is 68.3 Å². The Labute approximate surface area is 144 Å². The third-order valence-electron chi connectivity index (χ3n) is 2.73. The summed E-state index contributed by atoms with van der Waals surface area (Å²) in [5, 5.41) is 0.597. The molecule has 0 amide bonds. The first kappa shape index (κ1) is 16.3. The summed E-state index contributed by atoms with van der Waals surface area (Å²) in [6.45, 7) is -0.0565.